The van der Waals surface area contributed by atoms with Gasteiger partial charge in [0.05, 0.1) is 6.42 Å². The number of rotatable bonds is 2. The van der Waals surface area contributed by atoms with Crippen LogP contribution in [0.25, 0.3) is 0 Å². The fraction of sp³-hybridized carbons (Fsp3) is 0.583. The molecule has 5 N–H and O–H groups in total. The lowest BCUT2D eigenvalue weighted by molar-refractivity contribution is -0.153. The fourth-order valence-corrected chi connectivity index (χ4v) is 7.53. The minimum Gasteiger partial charge on any atom is -0.456 e. The van der Waals surface area contributed by atoms with E-state index in [4.69, 9.17) is 4.74 Å². The van der Waals surface area contributed by atoms with Crippen LogP contribution < -0.4 is 21.3 Å². The van der Waals surface area contributed by atoms with Crippen molar-refractivity contribution in [3.63, 3.8) is 0 Å². The molecule has 5 atom stereocenters. The maximum absolute atomic E-state index is 13.2. The third-order valence-electron chi connectivity index (χ3n) is 5.59. The number of fused-ring (bicyclic) bond motifs is 7. The predicted molar refractivity (Wildman–Crippen MR) is 152 cm³/mol. The average molecular weight is 589 g/mol. The zero-order chi connectivity index (χ0) is 28.4. The van der Waals surface area contributed by atoms with Crippen LogP contribution in [0.2, 0.25) is 0 Å². The van der Waals surface area contributed by atoms with Crippen LogP contribution >= 0.6 is 30.4 Å². The van der Waals surface area contributed by atoms with Crippen molar-refractivity contribution >= 4 is 65.4 Å². The molecule has 1 saturated heterocycles. The number of hydrogen-bond acceptors (Lipinski definition) is 9. The highest BCUT2D eigenvalue weighted by molar-refractivity contribution is 9.11. The van der Waals surface area contributed by atoms with Crippen molar-refractivity contribution in [1.82, 2.24) is 21.3 Å². The zero-order valence-electron chi connectivity index (χ0n) is 22.0. The van der Waals surface area contributed by atoms with Crippen molar-refractivity contribution in [3.8, 4) is 0 Å². The summed E-state index contributed by atoms with van der Waals surface area (Å²) in [7, 11) is 1.06. The predicted octanol–water partition coefficient (Wildman–Crippen LogP) is 1.89. The van der Waals surface area contributed by atoms with E-state index in [1.54, 1.807) is 39.8 Å². The summed E-state index contributed by atoms with van der Waals surface area (Å²) in [5.41, 5.74) is -0.140. The van der Waals surface area contributed by atoms with Crippen molar-refractivity contribution < 1.29 is 33.3 Å². The number of carbonyl (C=O) groups is 5. The van der Waals surface area contributed by atoms with Gasteiger partial charge in [0.25, 0.3) is 11.8 Å². The van der Waals surface area contributed by atoms with Crippen LogP contribution in [0.3, 0.4) is 0 Å². The molecule has 14 heteroatoms. The summed E-state index contributed by atoms with van der Waals surface area (Å²) < 4.78 is 16.2. The SMILES string of the molecule is C/C=C1\NC(=O)[C@H]2/C=S(/O)SSCC/C=C/[C@H](CC(=O)N[C@H](C(C)C)C(=O)N2)OC(=O)[C@H](C(C)C)NC1=O. The molecule has 4 amide bonds. The number of hydrogen-bond donors (Lipinski definition) is 5. The molecule has 11 nitrogen and oxygen atoms in total. The smallest absolute Gasteiger partial charge is 0.329 e. The monoisotopic (exact) mass is 588 g/mol. The van der Waals surface area contributed by atoms with Gasteiger partial charge in [-0.2, -0.15) is 0 Å². The number of nitrogens with one attached hydrogen (secondary N) is 4. The van der Waals surface area contributed by atoms with Gasteiger partial charge in [0.1, 0.15) is 29.9 Å². The molecule has 2 aliphatic heterocycles. The maximum Gasteiger partial charge on any atom is 0.329 e. The van der Waals surface area contributed by atoms with Crippen LogP contribution in [0.4, 0.5) is 0 Å². The van der Waals surface area contributed by atoms with Crippen LogP contribution in [0.1, 0.15) is 47.5 Å². The molecule has 0 aromatic rings. The first-order valence-corrected chi connectivity index (χ1v) is 16.3. The van der Waals surface area contributed by atoms with Crippen LogP contribution in [-0.4, -0.2) is 69.5 Å². The molecule has 1 unspecified atom stereocenters. The highest BCUT2D eigenvalue weighted by Gasteiger charge is 2.33. The summed E-state index contributed by atoms with van der Waals surface area (Å²) in [6.45, 7) is 8.46. The van der Waals surface area contributed by atoms with E-state index in [-0.39, 0.29) is 24.0 Å². The number of esters is 1. The lowest BCUT2D eigenvalue weighted by atomic mass is 10.0. The number of carbonyl (C=O) groups excluding carboxylic acids is 5. The summed E-state index contributed by atoms with van der Waals surface area (Å²) in [6.07, 6.45) is 4.13. The van der Waals surface area contributed by atoms with Gasteiger partial charge in [0.15, 0.2) is 0 Å². The highest BCUT2D eigenvalue weighted by Crippen LogP contribution is 2.38. The van der Waals surface area contributed by atoms with Crippen molar-refractivity contribution in [1.29, 1.82) is 0 Å². The maximum atomic E-state index is 13.2. The van der Waals surface area contributed by atoms with Gasteiger partial charge in [-0.1, -0.05) is 50.6 Å². The van der Waals surface area contributed by atoms with Gasteiger partial charge < -0.3 is 30.6 Å². The van der Waals surface area contributed by atoms with E-state index < -0.39 is 63.6 Å². The van der Waals surface area contributed by atoms with Crippen LogP contribution in [0, 0.1) is 11.8 Å². The third kappa shape index (κ3) is 9.79. The summed E-state index contributed by atoms with van der Waals surface area (Å²) in [4.78, 5) is 65.5. The van der Waals surface area contributed by atoms with Crippen LogP contribution in [-0.2, 0) is 28.7 Å². The van der Waals surface area contributed by atoms with E-state index in [1.807, 2.05) is 0 Å². The van der Waals surface area contributed by atoms with Crippen LogP contribution in [0.15, 0.2) is 23.9 Å². The second-order valence-corrected chi connectivity index (χ2v) is 14.3. The van der Waals surface area contributed by atoms with Gasteiger partial charge in [-0.25, -0.2) is 4.79 Å². The van der Waals surface area contributed by atoms with Gasteiger partial charge >= 0.3 is 5.97 Å². The van der Waals surface area contributed by atoms with E-state index in [9.17, 15) is 28.5 Å². The molecule has 0 aliphatic carbocycles. The molecule has 0 aromatic carbocycles. The zero-order valence-corrected chi connectivity index (χ0v) is 24.5. The minimum atomic E-state index is -1.43. The molecule has 0 radical (unpaired) electrons. The van der Waals surface area contributed by atoms with Gasteiger partial charge in [-0.05, 0) is 41.1 Å². The topological polar surface area (TPSA) is 163 Å². The van der Waals surface area contributed by atoms with Gasteiger partial charge in [-0.3, -0.25) is 19.2 Å². The average Bonchev–Trinajstić information content (AvgIpc) is 2.83. The Morgan fingerprint density at radius 2 is 1.71 bits per heavy atom. The first kappa shape index (κ1) is 31.9. The van der Waals surface area contributed by atoms with Crippen molar-refractivity contribution in [2.75, 3.05) is 5.75 Å². The summed E-state index contributed by atoms with van der Waals surface area (Å²) in [5, 5.41) is 11.6. The molecule has 2 aliphatic rings. The molecule has 0 saturated carbocycles. The number of amides is 4. The Morgan fingerprint density at radius 1 is 1.03 bits per heavy atom. The molecule has 212 valence electrons. The van der Waals surface area contributed by atoms with E-state index in [2.05, 4.69) is 21.3 Å². The lowest BCUT2D eigenvalue weighted by Gasteiger charge is -2.27. The molecule has 0 aromatic heterocycles. The first-order valence-electron chi connectivity index (χ1n) is 12.2. The molecule has 2 rings (SSSR count). The van der Waals surface area contributed by atoms with Crippen LogP contribution in [0.5, 0.6) is 0 Å². The Balaban J connectivity index is 2.63. The second-order valence-electron chi connectivity index (χ2n) is 9.36. The van der Waals surface area contributed by atoms with Gasteiger partial charge in [0.2, 0.25) is 11.8 Å². The molecular weight excluding hydrogens is 552 g/mol. The Kier molecular flexibility index (Phi) is 12.9. The van der Waals surface area contributed by atoms with E-state index in [0.29, 0.717) is 12.2 Å². The van der Waals surface area contributed by atoms with Crippen molar-refractivity contribution in [2.24, 2.45) is 11.8 Å². The molecule has 2 bridgehead atoms. The number of ether oxygens (including phenoxy) is 1. The Morgan fingerprint density at radius 3 is 2.34 bits per heavy atom. The van der Waals surface area contributed by atoms with E-state index >= 15 is 0 Å². The Hall–Kier alpha value is -2.29. The highest BCUT2D eigenvalue weighted by atomic mass is 33.5. The van der Waals surface area contributed by atoms with E-state index in [1.165, 1.54) is 29.2 Å². The summed E-state index contributed by atoms with van der Waals surface area (Å²) in [5.74, 6) is -3.52. The Labute approximate surface area is 232 Å². The fourth-order valence-electron chi connectivity index (χ4n) is 3.50. The first-order chi connectivity index (χ1) is 17.9. The normalized spacial score (nSPS) is 31.2. The molecular formula is C24H36N4O7S3. The standard InChI is InChI=1S/C24H36N4O7S3/c1-6-16-21(30)28-20(14(4)5)24(33)35-15-9-7-8-10-36-37-38(34)12-17(22(31)25-16)26-23(32)19(13(2)3)27-18(29)11-15/h6-7,9,12-15,17,19-20,34H,8,10-11H2,1-5H3,(H,25,31)(H,26,32)(H,27,29)(H,28,30)/b9-7+,16-6-/t15-,17-,19-,20+,38?/m1/s1. The van der Waals surface area contributed by atoms with Gasteiger partial charge in [-0.15, -0.1) is 0 Å². The third-order valence-corrected chi connectivity index (χ3v) is 10.4. The number of allylic oxidation sites excluding steroid dienone is 2. The lowest BCUT2D eigenvalue weighted by Crippen LogP contribution is -2.57. The second kappa shape index (κ2) is 15.3. The molecule has 38 heavy (non-hydrogen) atoms. The largest absolute Gasteiger partial charge is 0.456 e. The van der Waals surface area contributed by atoms with Crippen molar-refractivity contribution in [2.45, 2.75) is 71.7 Å². The van der Waals surface area contributed by atoms with Gasteiger partial charge in [0, 0.05) is 20.9 Å². The summed E-state index contributed by atoms with van der Waals surface area (Å²) >= 11 is 0. The molecule has 2 heterocycles. The Bertz CT molecular complexity index is 1010. The summed E-state index contributed by atoms with van der Waals surface area (Å²) in [6, 6.07) is -3.38. The molecule has 0 spiro atoms. The molecule has 1 fully saturated rings. The van der Waals surface area contributed by atoms with E-state index in [0.717, 1.165) is 9.83 Å². The quantitative estimate of drug-likeness (QED) is 0.107. The van der Waals surface area contributed by atoms with Crippen molar-refractivity contribution in [3.05, 3.63) is 23.9 Å². The minimum absolute atomic E-state index is 0.140.